The molecular weight excluding hydrogens is 255 g/mol. The summed E-state index contributed by atoms with van der Waals surface area (Å²) in [6.45, 7) is 0. The van der Waals surface area contributed by atoms with Crippen molar-refractivity contribution in [1.82, 2.24) is 5.32 Å². The highest BCUT2D eigenvalue weighted by Crippen LogP contribution is 2.27. The van der Waals surface area contributed by atoms with Crippen LogP contribution in [-0.4, -0.2) is 11.6 Å². The van der Waals surface area contributed by atoms with E-state index in [0.717, 1.165) is 9.29 Å². The summed E-state index contributed by atoms with van der Waals surface area (Å²) in [7, 11) is 0. The first-order valence-electron chi connectivity index (χ1n) is 3.19. The van der Waals surface area contributed by atoms with E-state index in [0.29, 0.717) is 0 Å². The van der Waals surface area contributed by atoms with Crippen LogP contribution in [0.2, 0.25) is 0 Å². The number of halogens is 1. The second-order valence-corrected chi connectivity index (χ2v) is 3.59. The fourth-order valence-corrected chi connectivity index (χ4v) is 1.86. The van der Waals surface area contributed by atoms with Crippen molar-refractivity contribution in [3.05, 3.63) is 22.1 Å². The molecule has 1 N–H and O–H groups in total. The Hall–Kier alpha value is -0.650. The van der Waals surface area contributed by atoms with Crippen molar-refractivity contribution in [2.45, 2.75) is 0 Å². The van der Waals surface area contributed by atoms with E-state index in [1.807, 2.05) is 6.08 Å². The second kappa shape index (κ2) is 2.44. The Morgan fingerprint density at radius 2 is 2.45 bits per heavy atom. The fraction of sp³-hybridized carbons (Fsp3) is 0.143. The molecule has 2 rings (SSSR count). The summed E-state index contributed by atoms with van der Waals surface area (Å²) in [5.41, 5.74) is 0.846. The molecule has 0 aromatic carbocycles. The van der Waals surface area contributed by atoms with Gasteiger partial charge in [-0.2, -0.15) is 0 Å². The maximum atomic E-state index is 11.2. The molecule has 3 nitrogen and oxygen atoms in total. The lowest BCUT2D eigenvalue weighted by Crippen LogP contribution is -2.34. The minimum absolute atomic E-state index is 0.0180. The van der Waals surface area contributed by atoms with Gasteiger partial charge in [0.1, 0.15) is 5.92 Å². The highest BCUT2D eigenvalue weighted by atomic mass is 127. The average Bonchev–Trinajstić information content (AvgIpc) is 2.34. The normalized spacial score (nSPS) is 27.4. The molecule has 1 amide bonds. The summed E-state index contributed by atoms with van der Waals surface area (Å²) in [5.74, 6) is -0.120. The number of fused-ring (bicyclic) bond motifs is 1. The Morgan fingerprint density at radius 3 is 3.18 bits per heavy atom. The highest BCUT2D eigenvalue weighted by Gasteiger charge is 2.30. The summed E-state index contributed by atoms with van der Waals surface area (Å²) in [5, 5.41) is 2.64. The predicted octanol–water partition coefficient (Wildman–Crippen LogP) is 0.977. The first kappa shape index (κ1) is 7.02. The maximum absolute atomic E-state index is 11.2. The van der Waals surface area contributed by atoms with Crippen LogP contribution in [0.1, 0.15) is 0 Å². The van der Waals surface area contributed by atoms with E-state index in [1.165, 1.54) is 0 Å². The molecule has 0 aliphatic carbocycles. The number of rotatable bonds is 0. The second-order valence-electron chi connectivity index (χ2n) is 2.34. The van der Waals surface area contributed by atoms with E-state index >= 15 is 0 Å². The van der Waals surface area contributed by atoms with Gasteiger partial charge in [0, 0.05) is 16.0 Å². The van der Waals surface area contributed by atoms with Crippen molar-refractivity contribution in [2.75, 3.05) is 0 Å². The van der Waals surface area contributed by atoms with Gasteiger partial charge >= 0.3 is 0 Å². The molecule has 4 heteroatoms. The Balaban J connectivity index is 2.42. The Labute approximate surface area is 77.4 Å². The first-order valence-corrected chi connectivity index (χ1v) is 4.27. The van der Waals surface area contributed by atoms with Gasteiger partial charge in [0.2, 0.25) is 5.91 Å². The molecule has 0 fully saturated rings. The number of hydrogen-bond donors (Lipinski definition) is 1. The Morgan fingerprint density at radius 1 is 1.64 bits per heavy atom. The maximum Gasteiger partial charge on any atom is 0.238 e. The van der Waals surface area contributed by atoms with Gasteiger partial charge in [0.05, 0.1) is 5.71 Å². The largest absolute Gasteiger partial charge is 0.332 e. The highest BCUT2D eigenvalue weighted by molar-refractivity contribution is 14.1. The predicted molar refractivity (Wildman–Crippen MR) is 50.3 cm³/mol. The molecule has 11 heavy (non-hydrogen) atoms. The van der Waals surface area contributed by atoms with E-state index in [9.17, 15) is 4.79 Å². The van der Waals surface area contributed by atoms with E-state index in [2.05, 4.69) is 32.9 Å². The molecular formula is C7H5IN2O. The van der Waals surface area contributed by atoms with Gasteiger partial charge < -0.3 is 5.32 Å². The number of carbonyl (C=O) groups excluding carboxylic acids is 1. The number of aliphatic imine (C=N–C) groups is 1. The van der Waals surface area contributed by atoms with Gasteiger partial charge in [0.25, 0.3) is 0 Å². The summed E-state index contributed by atoms with van der Waals surface area (Å²) in [6, 6.07) is 0. The van der Waals surface area contributed by atoms with Crippen molar-refractivity contribution in [1.29, 1.82) is 0 Å². The van der Waals surface area contributed by atoms with Gasteiger partial charge in [-0.25, -0.2) is 0 Å². The quantitative estimate of drug-likeness (QED) is 0.648. The number of carbonyl (C=O) groups is 1. The molecule has 2 aliphatic rings. The number of allylic oxidation sites excluding steroid dienone is 1. The van der Waals surface area contributed by atoms with Crippen LogP contribution in [0, 0.1) is 5.92 Å². The summed E-state index contributed by atoms with van der Waals surface area (Å²) in [6.07, 6.45) is 5.19. The lowest BCUT2D eigenvalue weighted by Gasteiger charge is -2.14. The molecule has 2 heterocycles. The molecule has 56 valence electrons. The topological polar surface area (TPSA) is 41.5 Å². The average molecular weight is 260 g/mol. The molecule has 0 bridgehead atoms. The van der Waals surface area contributed by atoms with Crippen LogP contribution in [0.5, 0.6) is 0 Å². The van der Waals surface area contributed by atoms with Crippen LogP contribution >= 0.6 is 22.6 Å². The molecule has 1 unspecified atom stereocenters. The van der Waals surface area contributed by atoms with Crippen molar-refractivity contribution < 1.29 is 4.79 Å². The van der Waals surface area contributed by atoms with Crippen LogP contribution in [0.15, 0.2) is 27.0 Å². The zero-order valence-corrected chi connectivity index (χ0v) is 7.70. The standard InChI is InChI=1S/C7H5IN2O/c8-4-3-10-5-1-2-9-7(11)6(4)5/h1-3,6H,(H,9,11). The third kappa shape index (κ3) is 1.01. The van der Waals surface area contributed by atoms with Crippen molar-refractivity contribution in [2.24, 2.45) is 10.9 Å². The van der Waals surface area contributed by atoms with Gasteiger partial charge in [-0.3, -0.25) is 9.79 Å². The van der Waals surface area contributed by atoms with E-state index < -0.39 is 0 Å². The molecule has 0 spiro atoms. The fourth-order valence-electron chi connectivity index (χ4n) is 1.12. The smallest absolute Gasteiger partial charge is 0.238 e. The minimum Gasteiger partial charge on any atom is -0.332 e. The van der Waals surface area contributed by atoms with Crippen LogP contribution in [0.4, 0.5) is 0 Å². The minimum atomic E-state index is -0.138. The Kier molecular flexibility index (Phi) is 1.56. The van der Waals surface area contributed by atoms with Crippen molar-refractivity contribution >= 4 is 34.2 Å². The van der Waals surface area contributed by atoms with Crippen LogP contribution in [0.25, 0.3) is 0 Å². The molecule has 2 aliphatic heterocycles. The van der Waals surface area contributed by atoms with Gasteiger partial charge in [-0.1, -0.05) is 0 Å². The van der Waals surface area contributed by atoms with E-state index in [-0.39, 0.29) is 11.8 Å². The van der Waals surface area contributed by atoms with Gasteiger partial charge in [-0.15, -0.1) is 0 Å². The molecule has 0 saturated carbocycles. The third-order valence-electron chi connectivity index (χ3n) is 1.65. The lowest BCUT2D eigenvalue weighted by molar-refractivity contribution is -0.121. The number of nitrogens with one attached hydrogen (secondary N) is 1. The van der Waals surface area contributed by atoms with Gasteiger partial charge in [0.15, 0.2) is 0 Å². The van der Waals surface area contributed by atoms with Crippen LogP contribution in [0.3, 0.4) is 0 Å². The molecule has 1 atom stereocenters. The SMILES string of the molecule is O=C1NC=CC2=NC=C(I)C12. The third-order valence-corrected chi connectivity index (χ3v) is 2.55. The monoisotopic (exact) mass is 260 g/mol. The van der Waals surface area contributed by atoms with Crippen LogP contribution in [-0.2, 0) is 4.79 Å². The number of amides is 1. The van der Waals surface area contributed by atoms with E-state index in [4.69, 9.17) is 0 Å². The first-order chi connectivity index (χ1) is 5.29. The summed E-state index contributed by atoms with van der Waals surface area (Å²) >= 11 is 2.13. The molecule has 0 aromatic rings. The summed E-state index contributed by atoms with van der Waals surface area (Å²) < 4.78 is 0.986. The molecule has 0 radical (unpaired) electrons. The molecule has 0 aromatic heterocycles. The molecule has 0 saturated heterocycles. The van der Waals surface area contributed by atoms with Crippen LogP contribution < -0.4 is 5.32 Å². The number of nitrogens with zero attached hydrogens (tertiary/aromatic N) is 1. The van der Waals surface area contributed by atoms with Crippen molar-refractivity contribution in [3.8, 4) is 0 Å². The zero-order chi connectivity index (χ0) is 7.84. The number of hydrogen-bond acceptors (Lipinski definition) is 2. The van der Waals surface area contributed by atoms with Gasteiger partial charge in [-0.05, 0) is 28.7 Å². The summed E-state index contributed by atoms with van der Waals surface area (Å²) in [4.78, 5) is 15.3. The zero-order valence-electron chi connectivity index (χ0n) is 5.54. The lowest BCUT2D eigenvalue weighted by atomic mass is 10.0. The Bertz CT molecular complexity index is 304. The van der Waals surface area contributed by atoms with E-state index in [1.54, 1.807) is 12.4 Å². The van der Waals surface area contributed by atoms with Crippen molar-refractivity contribution in [3.63, 3.8) is 0 Å².